The lowest BCUT2D eigenvalue weighted by Gasteiger charge is -2.18. The molecule has 0 saturated heterocycles. The molecule has 27 heavy (non-hydrogen) atoms. The molecule has 2 aromatic rings. The van der Waals surface area contributed by atoms with Gasteiger partial charge in [0.1, 0.15) is 12.6 Å². The highest BCUT2D eigenvalue weighted by atomic mass is 35.5. The van der Waals surface area contributed by atoms with Crippen LogP contribution in [0.3, 0.4) is 0 Å². The predicted molar refractivity (Wildman–Crippen MR) is 102 cm³/mol. The fourth-order valence-electron chi connectivity index (χ4n) is 2.54. The summed E-state index contributed by atoms with van der Waals surface area (Å²) < 4.78 is 5.78. The molecule has 1 aromatic heterocycles. The average molecular weight is 392 g/mol. The number of carbonyl (C=O) groups is 2. The first-order chi connectivity index (χ1) is 12.8. The maximum Gasteiger partial charge on any atom is 0.328 e. The topological polar surface area (TPSA) is 90.3 Å². The fourth-order valence-corrected chi connectivity index (χ4v) is 2.67. The third-order valence-corrected chi connectivity index (χ3v) is 4.08. The molecule has 0 unspecified atom stereocenters. The molecule has 1 heterocycles. The largest absolute Gasteiger partial charge is 0.467 e. The van der Waals surface area contributed by atoms with Gasteiger partial charge in [0.2, 0.25) is 5.91 Å². The number of hydrogen-bond acceptors (Lipinski definition) is 5. The molecule has 0 radical (unpaired) electrons. The van der Waals surface area contributed by atoms with Crippen molar-refractivity contribution >= 4 is 23.5 Å². The standard InChI is InChI=1S/C19H22ClN3O4/c1-12(2)10-16(19(26)27-3)21-17(24)11-23-18(25)9-8-15(22-23)13-4-6-14(20)7-5-13/h4-9,12,16H,10-11H2,1-3H3,(H,21,24)/t16-/m0/s1. The fraction of sp³-hybridized carbons (Fsp3) is 0.368. The Morgan fingerprint density at radius 1 is 1.19 bits per heavy atom. The lowest BCUT2D eigenvalue weighted by Crippen LogP contribution is -2.44. The first-order valence-electron chi connectivity index (χ1n) is 8.51. The maximum atomic E-state index is 12.3. The number of rotatable bonds is 7. The van der Waals surface area contributed by atoms with Gasteiger partial charge in [-0.05, 0) is 30.5 Å². The first-order valence-corrected chi connectivity index (χ1v) is 8.89. The zero-order chi connectivity index (χ0) is 20.0. The van der Waals surface area contributed by atoms with Crippen LogP contribution in [0.2, 0.25) is 5.02 Å². The summed E-state index contributed by atoms with van der Waals surface area (Å²) in [7, 11) is 1.27. The molecule has 0 spiro atoms. The van der Waals surface area contributed by atoms with Crippen molar-refractivity contribution in [2.45, 2.75) is 32.9 Å². The van der Waals surface area contributed by atoms with Crippen molar-refractivity contribution in [3.63, 3.8) is 0 Å². The summed E-state index contributed by atoms with van der Waals surface area (Å²) in [4.78, 5) is 36.2. The zero-order valence-corrected chi connectivity index (χ0v) is 16.2. The monoisotopic (exact) mass is 391 g/mol. The Labute approximate surface area is 162 Å². The van der Waals surface area contributed by atoms with Crippen molar-refractivity contribution in [2.24, 2.45) is 5.92 Å². The molecule has 144 valence electrons. The Balaban J connectivity index is 2.16. The Bertz CT molecular complexity index is 862. The minimum absolute atomic E-state index is 0.184. The van der Waals surface area contributed by atoms with Gasteiger partial charge in [-0.1, -0.05) is 37.6 Å². The van der Waals surface area contributed by atoms with E-state index in [9.17, 15) is 14.4 Å². The Hall–Kier alpha value is -2.67. The summed E-state index contributed by atoms with van der Waals surface area (Å²) in [5, 5.41) is 7.43. The Morgan fingerprint density at radius 3 is 2.44 bits per heavy atom. The van der Waals surface area contributed by atoms with Gasteiger partial charge in [-0.15, -0.1) is 0 Å². The number of esters is 1. The lowest BCUT2D eigenvalue weighted by atomic mass is 10.0. The molecule has 1 N–H and O–H groups in total. The third-order valence-electron chi connectivity index (χ3n) is 3.83. The van der Waals surface area contributed by atoms with Gasteiger partial charge in [0.05, 0.1) is 12.8 Å². The van der Waals surface area contributed by atoms with E-state index in [1.54, 1.807) is 30.3 Å². The number of benzene rings is 1. The summed E-state index contributed by atoms with van der Waals surface area (Å²) in [5.74, 6) is -0.829. The summed E-state index contributed by atoms with van der Waals surface area (Å²) in [5.41, 5.74) is 0.882. The Morgan fingerprint density at radius 2 is 1.85 bits per heavy atom. The van der Waals surface area contributed by atoms with Gasteiger partial charge < -0.3 is 10.1 Å². The number of ether oxygens (including phenoxy) is 1. The molecule has 0 saturated carbocycles. The van der Waals surface area contributed by atoms with Gasteiger partial charge in [0.25, 0.3) is 5.56 Å². The van der Waals surface area contributed by atoms with E-state index < -0.39 is 23.5 Å². The van der Waals surface area contributed by atoms with Crippen LogP contribution < -0.4 is 10.9 Å². The summed E-state index contributed by atoms with van der Waals surface area (Å²) in [6.45, 7) is 3.57. The second-order valence-electron chi connectivity index (χ2n) is 6.49. The molecule has 0 aliphatic heterocycles. The number of methoxy groups -OCH3 is 1. The predicted octanol–water partition coefficient (Wildman–Crippen LogP) is 2.27. The van der Waals surface area contributed by atoms with E-state index in [2.05, 4.69) is 10.4 Å². The summed E-state index contributed by atoms with van der Waals surface area (Å²) in [6.07, 6.45) is 0.436. The van der Waals surface area contributed by atoms with Gasteiger partial charge >= 0.3 is 5.97 Å². The SMILES string of the molecule is COC(=O)[C@H](CC(C)C)NC(=O)Cn1nc(-c2ccc(Cl)cc2)ccc1=O. The number of halogens is 1. The van der Waals surface area contributed by atoms with Crippen LogP contribution in [0.15, 0.2) is 41.2 Å². The molecular formula is C19H22ClN3O4. The minimum atomic E-state index is -0.766. The number of nitrogens with zero attached hydrogens (tertiary/aromatic N) is 2. The number of hydrogen-bond donors (Lipinski definition) is 1. The van der Waals surface area contributed by atoms with Crippen LogP contribution in [0, 0.1) is 5.92 Å². The normalized spacial score (nSPS) is 11.9. The van der Waals surface area contributed by atoms with Gasteiger partial charge in [0, 0.05) is 16.7 Å². The number of amides is 1. The van der Waals surface area contributed by atoms with E-state index in [0.717, 1.165) is 10.2 Å². The summed E-state index contributed by atoms with van der Waals surface area (Å²) >= 11 is 5.88. The van der Waals surface area contributed by atoms with Gasteiger partial charge in [-0.25, -0.2) is 9.48 Å². The van der Waals surface area contributed by atoms with Gasteiger partial charge in [-0.2, -0.15) is 5.10 Å². The number of nitrogens with one attached hydrogen (secondary N) is 1. The highest BCUT2D eigenvalue weighted by molar-refractivity contribution is 6.30. The first kappa shape index (κ1) is 20.6. The van der Waals surface area contributed by atoms with Crippen molar-refractivity contribution in [3.8, 4) is 11.3 Å². The van der Waals surface area contributed by atoms with E-state index in [0.29, 0.717) is 17.1 Å². The van der Waals surface area contributed by atoms with Crippen LogP contribution >= 0.6 is 11.6 Å². The van der Waals surface area contributed by atoms with E-state index in [1.165, 1.54) is 13.2 Å². The number of carbonyl (C=O) groups excluding carboxylic acids is 2. The van der Waals surface area contributed by atoms with Crippen LogP contribution in [-0.4, -0.2) is 34.8 Å². The molecule has 0 aliphatic rings. The molecule has 8 heteroatoms. The van der Waals surface area contributed by atoms with Gasteiger partial charge in [-0.3, -0.25) is 9.59 Å². The van der Waals surface area contributed by atoms with Crippen LogP contribution in [0.1, 0.15) is 20.3 Å². The molecule has 1 atom stereocenters. The van der Waals surface area contributed by atoms with Gasteiger partial charge in [0.15, 0.2) is 0 Å². The molecule has 0 fully saturated rings. The van der Waals surface area contributed by atoms with Crippen molar-refractivity contribution in [3.05, 3.63) is 51.8 Å². The summed E-state index contributed by atoms with van der Waals surface area (Å²) in [6, 6.07) is 9.13. The second kappa shape index (κ2) is 9.32. The molecule has 7 nitrogen and oxygen atoms in total. The van der Waals surface area contributed by atoms with Crippen molar-refractivity contribution in [2.75, 3.05) is 7.11 Å². The zero-order valence-electron chi connectivity index (χ0n) is 15.4. The quantitative estimate of drug-likeness (QED) is 0.731. The van der Waals surface area contributed by atoms with Crippen LogP contribution in [0.4, 0.5) is 0 Å². The van der Waals surface area contributed by atoms with Crippen molar-refractivity contribution < 1.29 is 14.3 Å². The van der Waals surface area contributed by atoms with E-state index in [4.69, 9.17) is 16.3 Å². The van der Waals surface area contributed by atoms with E-state index >= 15 is 0 Å². The van der Waals surface area contributed by atoms with Crippen molar-refractivity contribution in [1.82, 2.24) is 15.1 Å². The van der Waals surface area contributed by atoms with Crippen LogP contribution in [-0.2, 0) is 20.9 Å². The maximum absolute atomic E-state index is 12.3. The number of aromatic nitrogens is 2. The smallest absolute Gasteiger partial charge is 0.328 e. The Kier molecular flexibility index (Phi) is 7.12. The van der Waals surface area contributed by atoms with Crippen molar-refractivity contribution in [1.29, 1.82) is 0 Å². The van der Waals surface area contributed by atoms with E-state index in [-0.39, 0.29) is 12.5 Å². The van der Waals surface area contributed by atoms with E-state index in [1.807, 2.05) is 13.8 Å². The van der Waals surface area contributed by atoms with Crippen LogP contribution in [0.25, 0.3) is 11.3 Å². The molecule has 2 rings (SSSR count). The molecule has 1 amide bonds. The molecule has 0 bridgehead atoms. The second-order valence-corrected chi connectivity index (χ2v) is 6.93. The lowest BCUT2D eigenvalue weighted by molar-refractivity contribution is -0.145. The minimum Gasteiger partial charge on any atom is -0.467 e. The molecule has 0 aliphatic carbocycles. The molecular weight excluding hydrogens is 370 g/mol. The highest BCUT2D eigenvalue weighted by Crippen LogP contribution is 2.18. The van der Waals surface area contributed by atoms with Crippen LogP contribution in [0.5, 0.6) is 0 Å². The third kappa shape index (κ3) is 5.92. The molecule has 1 aromatic carbocycles. The average Bonchev–Trinajstić information content (AvgIpc) is 2.62. The highest BCUT2D eigenvalue weighted by Gasteiger charge is 2.23.